The van der Waals surface area contributed by atoms with Crippen molar-refractivity contribution in [1.82, 2.24) is 0 Å². The SMILES string of the molecule is O=[N+]([O-])c1ccc(ON=C2CCC2c2ccccc2)c([N+](=O)[O-])c1. The lowest BCUT2D eigenvalue weighted by Crippen LogP contribution is -2.24. The van der Waals surface area contributed by atoms with Gasteiger partial charge in [-0.1, -0.05) is 35.5 Å². The minimum absolute atomic E-state index is 0.114. The molecule has 1 aliphatic carbocycles. The Morgan fingerprint density at radius 1 is 1.04 bits per heavy atom. The molecule has 24 heavy (non-hydrogen) atoms. The van der Waals surface area contributed by atoms with Gasteiger partial charge in [-0.05, 0) is 24.5 Å². The summed E-state index contributed by atoms with van der Waals surface area (Å²) in [6.07, 6.45) is 1.69. The summed E-state index contributed by atoms with van der Waals surface area (Å²) in [5.41, 5.74) is 1.06. The highest BCUT2D eigenvalue weighted by atomic mass is 16.7. The summed E-state index contributed by atoms with van der Waals surface area (Å²) in [5.74, 6) is 0.0279. The summed E-state index contributed by atoms with van der Waals surface area (Å²) in [7, 11) is 0. The van der Waals surface area contributed by atoms with E-state index in [0.29, 0.717) is 0 Å². The maximum absolute atomic E-state index is 11.1. The molecule has 1 fully saturated rings. The number of non-ortho nitro benzene ring substituents is 1. The second-order valence-corrected chi connectivity index (χ2v) is 5.34. The van der Waals surface area contributed by atoms with Crippen LogP contribution in [0.3, 0.4) is 0 Å². The van der Waals surface area contributed by atoms with Crippen molar-refractivity contribution in [2.24, 2.45) is 5.16 Å². The molecule has 0 radical (unpaired) electrons. The van der Waals surface area contributed by atoms with Gasteiger partial charge in [0.15, 0.2) is 0 Å². The van der Waals surface area contributed by atoms with E-state index in [9.17, 15) is 20.2 Å². The third-order valence-electron chi connectivity index (χ3n) is 3.90. The highest BCUT2D eigenvalue weighted by Gasteiger charge is 2.29. The first kappa shape index (κ1) is 15.6. The maximum atomic E-state index is 11.1. The molecular weight excluding hydrogens is 314 g/mol. The molecule has 122 valence electrons. The van der Waals surface area contributed by atoms with Crippen molar-refractivity contribution in [2.45, 2.75) is 18.8 Å². The fraction of sp³-hybridized carbons (Fsp3) is 0.188. The summed E-state index contributed by atoms with van der Waals surface area (Å²) >= 11 is 0. The molecule has 0 aromatic heterocycles. The van der Waals surface area contributed by atoms with Crippen LogP contribution in [0.1, 0.15) is 24.3 Å². The summed E-state index contributed by atoms with van der Waals surface area (Å²) in [6.45, 7) is 0. The number of nitrogens with zero attached hydrogens (tertiary/aromatic N) is 3. The Hall–Kier alpha value is -3.29. The normalized spacial score (nSPS) is 18.0. The standard InChI is InChI=1S/C16H13N3O5/c20-18(21)12-6-9-16(15(10-12)19(22)23)24-17-14-8-7-13(14)11-4-2-1-3-5-11/h1-6,9-10,13H,7-8H2. The van der Waals surface area contributed by atoms with Crippen LogP contribution in [-0.4, -0.2) is 15.6 Å². The highest BCUT2D eigenvalue weighted by Crippen LogP contribution is 2.36. The van der Waals surface area contributed by atoms with Gasteiger partial charge < -0.3 is 4.84 Å². The Bertz CT molecular complexity index is 820. The van der Waals surface area contributed by atoms with Gasteiger partial charge in [0, 0.05) is 12.0 Å². The Labute approximate surface area is 136 Å². The summed E-state index contributed by atoms with van der Waals surface area (Å²) in [5, 5.41) is 25.8. The van der Waals surface area contributed by atoms with E-state index >= 15 is 0 Å². The van der Waals surface area contributed by atoms with Crippen molar-refractivity contribution in [1.29, 1.82) is 0 Å². The largest absolute Gasteiger partial charge is 0.350 e. The van der Waals surface area contributed by atoms with Crippen molar-refractivity contribution >= 4 is 17.1 Å². The second-order valence-electron chi connectivity index (χ2n) is 5.34. The highest BCUT2D eigenvalue weighted by molar-refractivity contribution is 5.95. The van der Waals surface area contributed by atoms with Crippen LogP contribution in [0.15, 0.2) is 53.7 Å². The first-order chi connectivity index (χ1) is 11.6. The number of rotatable bonds is 5. The number of hydrogen-bond donors (Lipinski definition) is 0. The van der Waals surface area contributed by atoms with Crippen LogP contribution in [0.5, 0.6) is 5.75 Å². The Balaban J connectivity index is 1.81. The lowest BCUT2D eigenvalue weighted by molar-refractivity contribution is -0.394. The fourth-order valence-corrected chi connectivity index (χ4v) is 2.52. The molecule has 1 saturated carbocycles. The lowest BCUT2D eigenvalue weighted by Gasteiger charge is -2.27. The molecule has 2 aromatic carbocycles. The molecule has 1 atom stereocenters. The fourth-order valence-electron chi connectivity index (χ4n) is 2.52. The molecule has 8 nitrogen and oxygen atoms in total. The molecule has 0 bridgehead atoms. The zero-order valence-electron chi connectivity index (χ0n) is 12.5. The molecule has 0 heterocycles. The summed E-state index contributed by atoms with van der Waals surface area (Å²) < 4.78 is 0. The van der Waals surface area contributed by atoms with E-state index in [1.165, 1.54) is 6.07 Å². The average Bonchev–Trinajstić information content (AvgIpc) is 2.54. The first-order valence-electron chi connectivity index (χ1n) is 7.28. The van der Waals surface area contributed by atoms with Crippen LogP contribution in [-0.2, 0) is 0 Å². The number of benzene rings is 2. The Kier molecular flexibility index (Phi) is 4.19. The van der Waals surface area contributed by atoms with Crippen molar-refractivity contribution in [3.05, 3.63) is 74.3 Å². The molecule has 0 N–H and O–H groups in total. The molecule has 0 spiro atoms. The van der Waals surface area contributed by atoms with Crippen molar-refractivity contribution in [3.63, 3.8) is 0 Å². The number of oxime groups is 1. The average molecular weight is 327 g/mol. The monoisotopic (exact) mass is 327 g/mol. The molecular formula is C16H13N3O5. The van der Waals surface area contributed by atoms with E-state index in [1.54, 1.807) is 0 Å². The number of nitro benzene ring substituents is 2. The van der Waals surface area contributed by atoms with Crippen molar-refractivity contribution < 1.29 is 14.7 Å². The van der Waals surface area contributed by atoms with E-state index in [0.717, 1.165) is 36.2 Å². The lowest BCUT2D eigenvalue weighted by atomic mass is 9.78. The van der Waals surface area contributed by atoms with Crippen LogP contribution >= 0.6 is 0 Å². The minimum Gasteiger partial charge on any atom is -0.350 e. The van der Waals surface area contributed by atoms with E-state index in [4.69, 9.17) is 4.84 Å². The van der Waals surface area contributed by atoms with Crippen molar-refractivity contribution in [3.8, 4) is 5.75 Å². The molecule has 1 unspecified atom stereocenters. The van der Waals surface area contributed by atoms with Gasteiger partial charge in [0.25, 0.3) is 5.69 Å². The molecule has 8 heteroatoms. The van der Waals surface area contributed by atoms with Crippen LogP contribution < -0.4 is 4.84 Å². The third-order valence-corrected chi connectivity index (χ3v) is 3.90. The topological polar surface area (TPSA) is 108 Å². The van der Waals surface area contributed by atoms with Gasteiger partial charge in [0.1, 0.15) is 0 Å². The van der Waals surface area contributed by atoms with E-state index in [-0.39, 0.29) is 17.4 Å². The van der Waals surface area contributed by atoms with E-state index in [2.05, 4.69) is 5.16 Å². The third kappa shape index (κ3) is 3.07. The van der Waals surface area contributed by atoms with E-state index in [1.807, 2.05) is 30.3 Å². The van der Waals surface area contributed by atoms with Crippen LogP contribution in [0, 0.1) is 20.2 Å². The maximum Gasteiger partial charge on any atom is 0.321 e. The quantitative estimate of drug-likeness (QED) is 0.612. The Morgan fingerprint density at radius 3 is 2.38 bits per heavy atom. The van der Waals surface area contributed by atoms with Gasteiger partial charge in [0.05, 0.1) is 21.6 Å². The van der Waals surface area contributed by atoms with Crippen molar-refractivity contribution in [2.75, 3.05) is 0 Å². The smallest absolute Gasteiger partial charge is 0.321 e. The second kappa shape index (κ2) is 6.45. The van der Waals surface area contributed by atoms with Gasteiger partial charge in [-0.25, -0.2) is 0 Å². The van der Waals surface area contributed by atoms with Crippen LogP contribution in [0.2, 0.25) is 0 Å². The minimum atomic E-state index is -0.724. The summed E-state index contributed by atoms with van der Waals surface area (Å²) in [6, 6.07) is 13.0. The molecule has 0 aliphatic heterocycles. The van der Waals surface area contributed by atoms with Gasteiger partial charge >= 0.3 is 5.69 Å². The zero-order chi connectivity index (χ0) is 17.1. The molecule has 2 aromatic rings. The van der Waals surface area contributed by atoms with E-state index < -0.39 is 15.5 Å². The number of nitro groups is 2. The van der Waals surface area contributed by atoms with Gasteiger partial charge in [-0.3, -0.25) is 20.2 Å². The van der Waals surface area contributed by atoms with Gasteiger partial charge in [0.2, 0.25) is 5.75 Å². The predicted octanol–water partition coefficient (Wildman–Crippen LogP) is 3.82. The molecule has 3 rings (SSSR count). The first-order valence-corrected chi connectivity index (χ1v) is 7.28. The summed E-state index contributed by atoms with van der Waals surface area (Å²) in [4.78, 5) is 25.6. The molecule has 0 amide bonds. The number of hydrogen-bond acceptors (Lipinski definition) is 6. The molecule has 0 saturated heterocycles. The molecule has 1 aliphatic rings. The van der Waals surface area contributed by atoms with Crippen LogP contribution in [0.4, 0.5) is 11.4 Å². The van der Waals surface area contributed by atoms with Gasteiger partial charge in [-0.2, -0.15) is 0 Å². The Morgan fingerprint density at radius 2 is 1.79 bits per heavy atom. The van der Waals surface area contributed by atoms with Crippen LogP contribution in [0.25, 0.3) is 0 Å². The zero-order valence-corrected chi connectivity index (χ0v) is 12.5. The predicted molar refractivity (Wildman–Crippen MR) is 86.2 cm³/mol. The van der Waals surface area contributed by atoms with Gasteiger partial charge in [-0.15, -0.1) is 0 Å².